The van der Waals surface area contributed by atoms with E-state index in [2.05, 4.69) is 38.7 Å². The Balaban J connectivity index is 3.05. The van der Waals surface area contributed by atoms with Crippen molar-refractivity contribution in [3.05, 3.63) is 59.1 Å². The number of hydrazine groups is 1. The first-order valence-corrected chi connectivity index (χ1v) is 10.4. The van der Waals surface area contributed by atoms with Crippen LogP contribution in [0.3, 0.4) is 0 Å². The van der Waals surface area contributed by atoms with E-state index in [1.165, 1.54) is 16.2 Å². The molecule has 6 nitrogen and oxygen atoms in total. The van der Waals surface area contributed by atoms with Crippen LogP contribution in [0.25, 0.3) is 0 Å². The fourth-order valence-electron chi connectivity index (χ4n) is 2.98. The van der Waals surface area contributed by atoms with Gasteiger partial charge in [-0.15, -0.1) is 0 Å². The van der Waals surface area contributed by atoms with E-state index in [0.29, 0.717) is 23.9 Å². The Hall–Kier alpha value is -2.73. The van der Waals surface area contributed by atoms with Gasteiger partial charge in [0.05, 0.1) is 14.2 Å². The van der Waals surface area contributed by atoms with Gasteiger partial charge < -0.3 is 19.8 Å². The fraction of sp³-hybridized carbons (Fsp3) is 0.458. The number of hydrogen-bond donors (Lipinski definition) is 2. The molecule has 166 valence electrons. The third kappa shape index (κ3) is 7.26. The summed E-state index contributed by atoms with van der Waals surface area (Å²) in [7, 11) is 5.04. The Labute approximate surface area is 182 Å². The molecule has 0 unspecified atom stereocenters. The van der Waals surface area contributed by atoms with Crippen molar-refractivity contribution in [2.45, 2.75) is 47.0 Å². The molecule has 0 amide bonds. The van der Waals surface area contributed by atoms with E-state index in [9.17, 15) is 0 Å². The first kappa shape index (κ1) is 25.3. The third-order valence-electron chi connectivity index (χ3n) is 5.00. The van der Waals surface area contributed by atoms with Crippen molar-refractivity contribution >= 4 is 5.71 Å². The molecule has 0 aromatic heterocycles. The Morgan fingerprint density at radius 1 is 1.20 bits per heavy atom. The zero-order valence-electron chi connectivity index (χ0n) is 19.6. The molecule has 0 spiro atoms. The number of rotatable bonds is 12. The molecule has 0 radical (unpaired) electrons. The minimum absolute atomic E-state index is 0.654. The molecule has 0 aliphatic rings. The summed E-state index contributed by atoms with van der Waals surface area (Å²) >= 11 is 0. The smallest absolute Gasteiger partial charge is 0.161 e. The lowest BCUT2D eigenvalue weighted by atomic mass is 9.99. The third-order valence-corrected chi connectivity index (χ3v) is 5.00. The molecule has 0 bridgehead atoms. The number of methoxy groups -OCH3 is 2. The predicted octanol–water partition coefficient (Wildman–Crippen LogP) is 4.79. The molecule has 30 heavy (non-hydrogen) atoms. The maximum Gasteiger partial charge on any atom is 0.161 e. The highest BCUT2D eigenvalue weighted by molar-refractivity contribution is 5.99. The summed E-state index contributed by atoms with van der Waals surface area (Å²) in [5.74, 6) is 7.89. The first-order chi connectivity index (χ1) is 14.3. The second-order valence-corrected chi connectivity index (χ2v) is 7.11. The topological polar surface area (TPSA) is 72.1 Å². The summed E-state index contributed by atoms with van der Waals surface area (Å²) < 4.78 is 10.7. The average molecular weight is 415 g/mol. The van der Waals surface area contributed by atoms with Crippen LogP contribution in [0.1, 0.15) is 52.5 Å². The summed E-state index contributed by atoms with van der Waals surface area (Å²) in [6.45, 7) is 13.2. The SMILES string of the molecule is C=C(NC(=C/CC)/C(CCN=C(C)c1ccc(OC)c(OC)c1)=C(/C)CC)N(C)N. The quantitative estimate of drug-likeness (QED) is 0.223. The van der Waals surface area contributed by atoms with E-state index in [-0.39, 0.29) is 0 Å². The molecule has 1 aromatic carbocycles. The second-order valence-electron chi connectivity index (χ2n) is 7.11. The summed E-state index contributed by atoms with van der Waals surface area (Å²) in [5.41, 5.74) is 5.62. The van der Waals surface area contributed by atoms with Gasteiger partial charge in [-0.3, -0.25) is 4.99 Å². The van der Waals surface area contributed by atoms with Crippen LogP contribution in [0, 0.1) is 0 Å². The molecular weight excluding hydrogens is 376 g/mol. The van der Waals surface area contributed by atoms with Gasteiger partial charge >= 0.3 is 0 Å². The molecular formula is C24H38N4O2. The van der Waals surface area contributed by atoms with E-state index in [1.807, 2.05) is 25.1 Å². The predicted molar refractivity (Wildman–Crippen MR) is 127 cm³/mol. The number of benzene rings is 1. The van der Waals surface area contributed by atoms with E-state index in [0.717, 1.165) is 36.2 Å². The zero-order chi connectivity index (χ0) is 22.7. The average Bonchev–Trinajstić information content (AvgIpc) is 2.75. The highest BCUT2D eigenvalue weighted by Gasteiger charge is 2.11. The highest BCUT2D eigenvalue weighted by atomic mass is 16.5. The number of allylic oxidation sites excluding steroid dienone is 3. The van der Waals surface area contributed by atoms with Crippen molar-refractivity contribution in [3.8, 4) is 11.5 Å². The van der Waals surface area contributed by atoms with Gasteiger partial charge in [0.1, 0.15) is 5.82 Å². The normalized spacial score (nSPS) is 12.9. The van der Waals surface area contributed by atoms with Gasteiger partial charge in [0.25, 0.3) is 0 Å². The summed E-state index contributed by atoms with van der Waals surface area (Å²) in [4.78, 5) is 4.81. The van der Waals surface area contributed by atoms with Gasteiger partial charge in [0, 0.05) is 25.0 Å². The molecule has 0 saturated heterocycles. The van der Waals surface area contributed by atoms with Gasteiger partial charge in [0.2, 0.25) is 0 Å². The molecule has 0 heterocycles. The van der Waals surface area contributed by atoms with E-state index in [1.54, 1.807) is 21.3 Å². The summed E-state index contributed by atoms with van der Waals surface area (Å²) in [6, 6.07) is 5.86. The standard InChI is InChI=1S/C24H38N4O2/c1-9-11-22(27-19(5)28(6)25)21(17(3)10-2)14-15-26-18(4)20-12-13-23(29-7)24(16-20)30-8/h11-13,16,27H,5,9-10,14-15,25H2,1-4,6-8H3/b21-17-,22-11+,26-18?. The van der Waals surface area contributed by atoms with Gasteiger partial charge in [-0.1, -0.05) is 32.1 Å². The van der Waals surface area contributed by atoms with Gasteiger partial charge in [-0.2, -0.15) is 0 Å². The van der Waals surface area contributed by atoms with Gasteiger partial charge in [-0.05, 0) is 62.4 Å². The molecule has 0 saturated carbocycles. The van der Waals surface area contributed by atoms with Crippen LogP contribution < -0.4 is 20.6 Å². The van der Waals surface area contributed by atoms with Crippen molar-refractivity contribution in [2.75, 3.05) is 27.8 Å². The van der Waals surface area contributed by atoms with E-state index in [4.69, 9.17) is 20.3 Å². The fourth-order valence-corrected chi connectivity index (χ4v) is 2.98. The Bertz CT molecular complexity index is 807. The Morgan fingerprint density at radius 2 is 1.87 bits per heavy atom. The van der Waals surface area contributed by atoms with Crippen LogP contribution in [-0.4, -0.2) is 38.5 Å². The lowest BCUT2D eigenvalue weighted by Gasteiger charge is -2.22. The molecule has 0 aliphatic carbocycles. The number of aliphatic imine (C=N–C) groups is 1. The largest absolute Gasteiger partial charge is 0.493 e. The molecule has 1 rings (SSSR count). The van der Waals surface area contributed by atoms with Crippen molar-refractivity contribution in [1.29, 1.82) is 0 Å². The number of hydrogen-bond acceptors (Lipinski definition) is 6. The monoisotopic (exact) mass is 414 g/mol. The van der Waals surface area contributed by atoms with Gasteiger partial charge in [0.15, 0.2) is 11.5 Å². The van der Waals surface area contributed by atoms with Crippen LogP contribution >= 0.6 is 0 Å². The lowest BCUT2D eigenvalue weighted by molar-refractivity contribution is 0.355. The minimum atomic E-state index is 0.654. The molecule has 3 N–H and O–H groups in total. The van der Waals surface area contributed by atoms with E-state index >= 15 is 0 Å². The van der Waals surface area contributed by atoms with Crippen LogP contribution in [0.2, 0.25) is 0 Å². The Kier molecular flexibility index (Phi) is 10.8. The van der Waals surface area contributed by atoms with Crippen LogP contribution in [-0.2, 0) is 0 Å². The lowest BCUT2D eigenvalue weighted by Crippen LogP contribution is -2.33. The highest BCUT2D eigenvalue weighted by Crippen LogP contribution is 2.28. The van der Waals surface area contributed by atoms with E-state index < -0.39 is 0 Å². The summed E-state index contributed by atoms with van der Waals surface area (Å²) in [5, 5.41) is 4.85. The Morgan fingerprint density at radius 3 is 2.40 bits per heavy atom. The number of nitrogens with zero attached hydrogens (tertiary/aromatic N) is 2. The number of ether oxygens (including phenoxy) is 2. The number of nitrogens with one attached hydrogen (secondary N) is 1. The molecule has 0 atom stereocenters. The van der Waals surface area contributed by atoms with Crippen LogP contribution in [0.5, 0.6) is 11.5 Å². The summed E-state index contributed by atoms with van der Waals surface area (Å²) in [6.07, 6.45) is 4.89. The van der Waals surface area contributed by atoms with Crippen molar-refractivity contribution < 1.29 is 9.47 Å². The first-order valence-electron chi connectivity index (χ1n) is 10.4. The number of nitrogens with two attached hydrogens (primary N) is 1. The van der Waals surface area contributed by atoms with Crippen LogP contribution in [0.4, 0.5) is 0 Å². The van der Waals surface area contributed by atoms with Gasteiger partial charge in [-0.25, -0.2) is 5.84 Å². The maximum absolute atomic E-state index is 5.82. The minimum Gasteiger partial charge on any atom is -0.493 e. The molecule has 1 aromatic rings. The van der Waals surface area contributed by atoms with Crippen LogP contribution in [0.15, 0.2) is 58.5 Å². The molecule has 0 fully saturated rings. The van der Waals surface area contributed by atoms with Crippen molar-refractivity contribution in [2.24, 2.45) is 10.8 Å². The second kappa shape index (κ2) is 12.8. The molecule has 6 heteroatoms. The zero-order valence-corrected chi connectivity index (χ0v) is 19.6. The van der Waals surface area contributed by atoms with Crippen molar-refractivity contribution in [1.82, 2.24) is 10.3 Å². The molecule has 0 aliphatic heterocycles. The van der Waals surface area contributed by atoms with Crippen molar-refractivity contribution in [3.63, 3.8) is 0 Å². The maximum atomic E-state index is 5.82.